The minimum atomic E-state index is -0.300. The summed E-state index contributed by atoms with van der Waals surface area (Å²) in [5.41, 5.74) is 8.98. The number of benzene rings is 2. The molecule has 0 atom stereocenters. The Hall–Kier alpha value is -2.93. The number of hydrazine groups is 1. The van der Waals surface area contributed by atoms with Gasteiger partial charge in [-0.1, -0.05) is 24.3 Å². The molecule has 2 aromatic carbocycles. The Labute approximate surface area is 170 Å². The minimum absolute atomic E-state index is 0.0570. The molecule has 0 aromatic heterocycles. The van der Waals surface area contributed by atoms with Crippen LogP contribution in [0.1, 0.15) is 39.9 Å². The number of ether oxygens (including phenoxy) is 1. The van der Waals surface area contributed by atoms with E-state index in [2.05, 4.69) is 16.2 Å². The number of amides is 1. The third-order valence-electron chi connectivity index (χ3n) is 4.34. The number of carbonyl (C=O) groups excluding carboxylic acids is 2. The highest BCUT2D eigenvalue weighted by atomic mass is 32.1. The maximum absolute atomic E-state index is 12.2. The molecule has 0 saturated heterocycles. The highest BCUT2D eigenvalue weighted by molar-refractivity contribution is 7.80. The Morgan fingerprint density at radius 1 is 0.964 bits per heavy atom. The summed E-state index contributed by atoms with van der Waals surface area (Å²) in [4.78, 5) is 24.1. The Bertz CT molecular complexity index is 850. The van der Waals surface area contributed by atoms with E-state index in [-0.39, 0.29) is 24.5 Å². The summed E-state index contributed by atoms with van der Waals surface area (Å²) < 4.78 is 5.11. The quantitative estimate of drug-likeness (QED) is 0.377. The number of thiocarbonyl (C=S) groups is 1. The predicted octanol–water partition coefficient (Wildman–Crippen LogP) is 2.97. The van der Waals surface area contributed by atoms with Crippen molar-refractivity contribution in [2.75, 3.05) is 7.11 Å². The molecule has 0 fully saturated rings. The molecule has 148 valence electrons. The first-order chi connectivity index (χ1) is 13.4. The van der Waals surface area contributed by atoms with Crippen molar-refractivity contribution in [3.63, 3.8) is 0 Å². The van der Waals surface area contributed by atoms with Gasteiger partial charge in [-0.05, 0) is 61.0 Å². The number of methoxy groups -OCH3 is 1. The molecule has 2 rings (SSSR count). The third kappa shape index (κ3) is 6.66. The lowest BCUT2D eigenvalue weighted by molar-refractivity contribution is -0.121. The average molecular weight is 400 g/mol. The summed E-state index contributed by atoms with van der Waals surface area (Å²) in [7, 11) is 1.62. The zero-order valence-corrected chi connectivity index (χ0v) is 17.1. The Morgan fingerprint density at radius 2 is 1.68 bits per heavy atom. The first-order valence-electron chi connectivity index (χ1n) is 8.95. The van der Waals surface area contributed by atoms with Crippen LogP contribution in [0.5, 0.6) is 5.75 Å². The molecule has 28 heavy (non-hydrogen) atoms. The molecule has 0 aliphatic rings. The zero-order chi connectivity index (χ0) is 20.5. The van der Waals surface area contributed by atoms with Gasteiger partial charge in [-0.3, -0.25) is 20.4 Å². The van der Waals surface area contributed by atoms with Crippen molar-refractivity contribution in [1.29, 1.82) is 0 Å². The van der Waals surface area contributed by atoms with Crippen LogP contribution < -0.4 is 20.9 Å². The van der Waals surface area contributed by atoms with Gasteiger partial charge in [0.2, 0.25) is 5.91 Å². The largest absolute Gasteiger partial charge is 0.497 e. The Kier molecular flexibility index (Phi) is 7.95. The van der Waals surface area contributed by atoms with Crippen molar-refractivity contribution in [2.24, 2.45) is 0 Å². The lowest BCUT2D eigenvalue weighted by atomic mass is 10.0. The molecule has 6 nitrogen and oxygen atoms in total. The molecule has 0 spiro atoms. The smallest absolute Gasteiger partial charge is 0.238 e. The van der Waals surface area contributed by atoms with Crippen molar-refractivity contribution in [1.82, 2.24) is 16.2 Å². The molecule has 0 saturated carbocycles. The summed E-state index contributed by atoms with van der Waals surface area (Å²) >= 11 is 5.13. The van der Waals surface area contributed by atoms with Crippen LogP contribution in [0.2, 0.25) is 0 Å². The number of Topliss-reactive ketones (excluding diaryl/α,β-unsaturated/α-hetero) is 1. The highest BCUT2D eigenvalue weighted by Gasteiger charge is 2.10. The van der Waals surface area contributed by atoms with Gasteiger partial charge in [-0.15, -0.1) is 0 Å². The standard InChI is InChI=1S/C21H25N3O3S/c1-14-4-7-17(12-15(14)2)19(25)10-11-20(26)23-24-21(28)22-13-16-5-8-18(27-3)9-6-16/h4-9,12H,10-11,13H2,1-3H3,(H,23,26)(H2,22,24,28). The zero-order valence-electron chi connectivity index (χ0n) is 16.3. The maximum atomic E-state index is 12.2. The number of hydrogen-bond donors (Lipinski definition) is 3. The third-order valence-corrected chi connectivity index (χ3v) is 4.58. The van der Waals surface area contributed by atoms with Crippen molar-refractivity contribution in [3.8, 4) is 5.75 Å². The van der Waals surface area contributed by atoms with E-state index in [1.54, 1.807) is 13.2 Å². The van der Waals surface area contributed by atoms with E-state index < -0.39 is 0 Å². The second-order valence-electron chi connectivity index (χ2n) is 6.43. The van der Waals surface area contributed by atoms with E-state index in [4.69, 9.17) is 17.0 Å². The topological polar surface area (TPSA) is 79.5 Å². The molecule has 2 aromatic rings. The van der Waals surface area contributed by atoms with Crippen molar-refractivity contribution >= 4 is 29.0 Å². The molecule has 0 aliphatic heterocycles. The fraction of sp³-hybridized carbons (Fsp3) is 0.286. The van der Waals surface area contributed by atoms with E-state index >= 15 is 0 Å². The summed E-state index contributed by atoms with van der Waals surface area (Å²) in [6.07, 6.45) is 0.224. The van der Waals surface area contributed by atoms with Crippen molar-refractivity contribution < 1.29 is 14.3 Å². The lowest BCUT2D eigenvalue weighted by Gasteiger charge is -2.12. The summed E-state index contributed by atoms with van der Waals surface area (Å²) in [6, 6.07) is 13.1. The number of rotatable bonds is 7. The molecule has 7 heteroatoms. The van der Waals surface area contributed by atoms with Gasteiger partial charge in [0.1, 0.15) is 5.75 Å². The molecular weight excluding hydrogens is 374 g/mol. The summed E-state index contributed by atoms with van der Waals surface area (Å²) in [6.45, 7) is 4.47. The van der Waals surface area contributed by atoms with Crippen LogP contribution in [0, 0.1) is 13.8 Å². The van der Waals surface area contributed by atoms with Crippen LogP contribution in [0.25, 0.3) is 0 Å². The van der Waals surface area contributed by atoms with E-state index in [0.717, 1.165) is 22.4 Å². The van der Waals surface area contributed by atoms with Crippen LogP contribution in [0.4, 0.5) is 0 Å². The molecular formula is C21H25N3O3S. The fourth-order valence-electron chi connectivity index (χ4n) is 2.45. The van der Waals surface area contributed by atoms with E-state index in [9.17, 15) is 9.59 Å². The van der Waals surface area contributed by atoms with Crippen LogP contribution in [-0.2, 0) is 11.3 Å². The normalized spacial score (nSPS) is 10.1. The van der Waals surface area contributed by atoms with Crippen LogP contribution in [-0.4, -0.2) is 23.9 Å². The number of carbonyl (C=O) groups is 2. The average Bonchev–Trinajstić information content (AvgIpc) is 2.71. The van der Waals surface area contributed by atoms with Gasteiger partial charge in [0.05, 0.1) is 7.11 Å². The minimum Gasteiger partial charge on any atom is -0.497 e. The monoisotopic (exact) mass is 399 g/mol. The molecule has 1 amide bonds. The highest BCUT2D eigenvalue weighted by Crippen LogP contribution is 2.12. The molecule has 3 N–H and O–H groups in total. The van der Waals surface area contributed by atoms with Crippen molar-refractivity contribution in [2.45, 2.75) is 33.2 Å². The first-order valence-corrected chi connectivity index (χ1v) is 9.36. The summed E-state index contributed by atoms with van der Waals surface area (Å²) in [5.74, 6) is 0.427. The van der Waals surface area contributed by atoms with E-state index in [1.165, 1.54) is 0 Å². The Balaban J connectivity index is 1.68. The van der Waals surface area contributed by atoms with Gasteiger partial charge in [0.15, 0.2) is 10.9 Å². The second kappa shape index (κ2) is 10.4. The van der Waals surface area contributed by atoms with E-state index in [0.29, 0.717) is 17.2 Å². The molecule has 0 aliphatic carbocycles. The summed E-state index contributed by atoms with van der Waals surface area (Å²) in [5, 5.41) is 3.29. The van der Waals surface area contributed by atoms with Gasteiger partial charge in [0.25, 0.3) is 0 Å². The van der Waals surface area contributed by atoms with Gasteiger partial charge in [0, 0.05) is 24.9 Å². The van der Waals surface area contributed by atoms with Gasteiger partial charge < -0.3 is 10.1 Å². The molecule has 0 radical (unpaired) electrons. The number of ketones is 1. The lowest BCUT2D eigenvalue weighted by Crippen LogP contribution is -2.46. The van der Waals surface area contributed by atoms with Crippen molar-refractivity contribution in [3.05, 3.63) is 64.7 Å². The van der Waals surface area contributed by atoms with Crippen LogP contribution >= 0.6 is 12.2 Å². The number of nitrogens with one attached hydrogen (secondary N) is 3. The van der Waals surface area contributed by atoms with Gasteiger partial charge >= 0.3 is 0 Å². The van der Waals surface area contributed by atoms with Gasteiger partial charge in [-0.25, -0.2) is 0 Å². The molecule has 0 bridgehead atoms. The van der Waals surface area contributed by atoms with E-state index in [1.807, 2.05) is 50.2 Å². The van der Waals surface area contributed by atoms with Gasteiger partial charge in [-0.2, -0.15) is 0 Å². The second-order valence-corrected chi connectivity index (χ2v) is 6.83. The van der Waals surface area contributed by atoms with Crippen LogP contribution in [0.15, 0.2) is 42.5 Å². The fourth-order valence-corrected chi connectivity index (χ4v) is 2.57. The molecule has 0 heterocycles. The Morgan fingerprint density at radius 3 is 2.32 bits per heavy atom. The van der Waals surface area contributed by atoms with Crippen LogP contribution in [0.3, 0.4) is 0 Å². The SMILES string of the molecule is COc1ccc(CNC(=S)NNC(=O)CCC(=O)c2ccc(C)c(C)c2)cc1. The first kappa shape index (κ1) is 21.4. The number of aryl methyl sites for hydroxylation is 2. The number of hydrogen-bond acceptors (Lipinski definition) is 4. The maximum Gasteiger partial charge on any atom is 0.238 e. The predicted molar refractivity (Wildman–Crippen MR) is 113 cm³/mol. The molecule has 0 unspecified atom stereocenters.